The summed E-state index contributed by atoms with van der Waals surface area (Å²) in [6.07, 6.45) is 0.842. The normalized spacial score (nSPS) is 14.2. The number of nitrogens with zero attached hydrogens (tertiary/aromatic N) is 3. The maximum absolute atomic E-state index is 12.9. The Kier molecular flexibility index (Phi) is 11.3. The van der Waals surface area contributed by atoms with Crippen LogP contribution in [0.15, 0.2) is 71.1 Å². The largest absolute Gasteiger partial charge is 0.455 e. The fraction of sp³-hybridized carbons (Fsp3) is 0.419. The van der Waals surface area contributed by atoms with Crippen LogP contribution in [0.3, 0.4) is 0 Å². The van der Waals surface area contributed by atoms with E-state index in [4.69, 9.17) is 9.15 Å². The Morgan fingerprint density at radius 1 is 0.951 bits per heavy atom. The van der Waals surface area contributed by atoms with Gasteiger partial charge in [0.05, 0.1) is 25.4 Å². The van der Waals surface area contributed by atoms with Crippen molar-refractivity contribution in [3.05, 3.63) is 78.3 Å². The van der Waals surface area contributed by atoms with Crippen molar-refractivity contribution in [1.82, 2.24) is 14.7 Å². The third kappa shape index (κ3) is 8.89. The van der Waals surface area contributed by atoms with Gasteiger partial charge in [-0.1, -0.05) is 48.5 Å². The summed E-state index contributed by atoms with van der Waals surface area (Å²) in [5.74, 6) is 0.679. The summed E-state index contributed by atoms with van der Waals surface area (Å²) in [5, 5.41) is 21.3. The Balaban J connectivity index is 1.19. The van der Waals surface area contributed by atoms with E-state index < -0.39 is 6.09 Å². The molecule has 3 N–H and O–H groups in total. The lowest BCUT2D eigenvalue weighted by Gasteiger charge is -2.32. The van der Waals surface area contributed by atoms with Crippen molar-refractivity contribution in [2.45, 2.75) is 25.5 Å². The standard InChI is InChI=1S/C31H40N4O6/c1-33(30(38)29-12-11-26(40-29)23-35(19-21-36)20-22-37)17-18-34-15-13-25(14-16-34)41-31(39)32-28-10-6-5-9-27(28)24-7-3-2-4-8-24/h2-12,25,36-37H,13-23H2,1H3,(H,32,39). The summed E-state index contributed by atoms with van der Waals surface area (Å²) in [6.45, 7) is 4.00. The van der Waals surface area contributed by atoms with Crippen LogP contribution in [0.4, 0.5) is 10.5 Å². The Morgan fingerprint density at radius 2 is 1.63 bits per heavy atom. The van der Waals surface area contributed by atoms with E-state index in [9.17, 15) is 19.8 Å². The number of likely N-dealkylation sites (tertiary alicyclic amines) is 1. The van der Waals surface area contributed by atoms with Crippen LogP contribution in [0.1, 0.15) is 29.2 Å². The molecule has 0 radical (unpaired) electrons. The highest BCUT2D eigenvalue weighted by atomic mass is 16.6. The van der Waals surface area contributed by atoms with Crippen molar-refractivity contribution < 1.29 is 29.0 Å². The van der Waals surface area contributed by atoms with Crippen molar-refractivity contribution >= 4 is 17.7 Å². The number of para-hydroxylation sites is 1. The number of rotatable bonds is 13. The molecule has 1 aliphatic heterocycles. The van der Waals surface area contributed by atoms with Gasteiger partial charge in [0.1, 0.15) is 11.9 Å². The zero-order valence-corrected chi connectivity index (χ0v) is 23.6. The highest BCUT2D eigenvalue weighted by Gasteiger charge is 2.24. The summed E-state index contributed by atoms with van der Waals surface area (Å²) in [6, 6.07) is 21.0. The molecule has 220 valence electrons. The number of benzene rings is 2. The summed E-state index contributed by atoms with van der Waals surface area (Å²) in [4.78, 5) is 31.3. The lowest BCUT2D eigenvalue weighted by molar-refractivity contribution is 0.0533. The second-order valence-corrected chi connectivity index (χ2v) is 10.2. The fourth-order valence-electron chi connectivity index (χ4n) is 4.94. The van der Waals surface area contributed by atoms with Crippen LogP contribution >= 0.6 is 0 Å². The molecule has 0 bridgehead atoms. The van der Waals surface area contributed by atoms with E-state index in [1.165, 1.54) is 0 Å². The zero-order valence-electron chi connectivity index (χ0n) is 23.6. The SMILES string of the molecule is CN(CCN1CCC(OC(=O)Nc2ccccc2-c2ccccc2)CC1)C(=O)c1ccc(CN(CCO)CCO)o1. The minimum atomic E-state index is -0.453. The summed E-state index contributed by atoms with van der Waals surface area (Å²) >= 11 is 0. The van der Waals surface area contributed by atoms with E-state index in [1.54, 1.807) is 24.1 Å². The number of ether oxygens (including phenoxy) is 1. The molecule has 0 unspecified atom stereocenters. The summed E-state index contributed by atoms with van der Waals surface area (Å²) < 4.78 is 11.5. The number of hydrogen-bond acceptors (Lipinski definition) is 8. The first-order valence-corrected chi connectivity index (χ1v) is 14.1. The molecule has 1 fully saturated rings. The van der Waals surface area contributed by atoms with Crippen LogP contribution < -0.4 is 5.32 Å². The first-order valence-electron chi connectivity index (χ1n) is 14.1. The number of piperidine rings is 1. The minimum Gasteiger partial charge on any atom is -0.455 e. The number of furan rings is 1. The topological polar surface area (TPSA) is 119 Å². The van der Waals surface area contributed by atoms with Gasteiger partial charge in [-0.05, 0) is 36.6 Å². The molecule has 0 spiro atoms. The predicted octanol–water partition coefficient (Wildman–Crippen LogP) is 3.52. The third-order valence-corrected chi connectivity index (χ3v) is 7.24. The van der Waals surface area contributed by atoms with Crippen LogP contribution in [0.5, 0.6) is 0 Å². The van der Waals surface area contributed by atoms with E-state index in [1.807, 2.05) is 59.5 Å². The number of carbonyl (C=O) groups excluding carboxylic acids is 2. The molecule has 4 rings (SSSR count). The number of likely N-dealkylation sites (N-methyl/N-ethyl adjacent to an activating group) is 1. The lowest BCUT2D eigenvalue weighted by Crippen LogP contribution is -2.42. The van der Waals surface area contributed by atoms with Gasteiger partial charge in [0.15, 0.2) is 5.76 Å². The molecule has 2 aromatic carbocycles. The maximum Gasteiger partial charge on any atom is 0.411 e. The van der Waals surface area contributed by atoms with Crippen LogP contribution in [0.25, 0.3) is 11.1 Å². The number of aliphatic hydroxyl groups excluding tert-OH is 2. The maximum atomic E-state index is 12.9. The van der Waals surface area contributed by atoms with Crippen LogP contribution in [0.2, 0.25) is 0 Å². The average Bonchev–Trinajstić information content (AvgIpc) is 3.45. The highest BCUT2D eigenvalue weighted by molar-refractivity contribution is 5.92. The molecule has 41 heavy (non-hydrogen) atoms. The van der Waals surface area contributed by atoms with Crippen molar-refractivity contribution in [1.29, 1.82) is 0 Å². The average molecular weight is 565 g/mol. The predicted molar refractivity (Wildman–Crippen MR) is 157 cm³/mol. The van der Waals surface area contributed by atoms with Gasteiger partial charge in [-0.25, -0.2) is 4.79 Å². The summed E-state index contributed by atoms with van der Waals surface area (Å²) in [5.41, 5.74) is 2.68. The molecular weight excluding hydrogens is 524 g/mol. The molecule has 1 aliphatic rings. The van der Waals surface area contributed by atoms with Gasteiger partial charge in [-0.15, -0.1) is 0 Å². The Morgan fingerprint density at radius 3 is 2.34 bits per heavy atom. The molecule has 10 heteroatoms. The number of nitrogens with one attached hydrogen (secondary N) is 1. The van der Waals surface area contributed by atoms with Crippen molar-refractivity contribution in [2.24, 2.45) is 0 Å². The Bertz CT molecular complexity index is 1240. The molecule has 0 atom stereocenters. The van der Waals surface area contributed by atoms with E-state index in [-0.39, 0.29) is 31.0 Å². The number of amides is 2. The highest BCUT2D eigenvalue weighted by Crippen LogP contribution is 2.28. The molecule has 3 aromatic rings. The molecule has 2 amide bonds. The molecule has 10 nitrogen and oxygen atoms in total. The number of aliphatic hydroxyl groups is 2. The monoisotopic (exact) mass is 564 g/mol. The van der Waals surface area contributed by atoms with E-state index >= 15 is 0 Å². The quantitative estimate of drug-likeness (QED) is 0.289. The van der Waals surface area contributed by atoms with Crippen molar-refractivity contribution in [3.8, 4) is 11.1 Å². The van der Waals surface area contributed by atoms with Crippen molar-refractivity contribution in [2.75, 3.05) is 64.8 Å². The van der Waals surface area contributed by atoms with Crippen LogP contribution in [-0.2, 0) is 11.3 Å². The van der Waals surface area contributed by atoms with Gasteiger partial charge < -0.3 is 29.2 Å². The summed E-state index contributed by atoms with van der Waals surface area (Å²) in [7, 11) is 1.75. The molecule has 2 heterocycles. The minimum absolute atomic E-state index is 0.0188. The number of carbonyl (C=O) groups is 2. The van der Waals surface area contributed by atoms with E-state index in [0.29, 0.717) is 44.2 Å². The molecule has 0 saturated carbocycles. The van der Waals surface area contributed by atoms with Gasteiger partial charge in [-0.2, -0.15) is 0 Å². The molecule has 1 saturated heterocycles. The number of anilines is 1. The van der Waals surface area contributed by atoms with Gasteiger partial charge in [0, 0.05) is 51.9 Å². The van der Waals surface area contributed by atoms with Gasteiger partial charge in [0.25, 0.3) is 5.91 Å². The molecular formula is C31H40N4O6. The lowest BCUT2D eigenvalue weighted by atomic mass is 10.0. The Labute approximate surface area is 241 Å². The van der Waals surface area contributed by atoms with Crippen molar-refractivity contribution in [3.63, 3.8) is 0 Å². The second kappa shape index (κ2) is 15.3. The number of hydrogen-bond donors (Lipinski definition) is 3. The smallest absolute Gasteiger partial charge is 0.411 e. The molecule has 1 aromatic heterocycles. The molecule has 0 aliphatic carbocycles. The second-order valence-electron chi connectivity index (χ2n) is 10.2. The first-order chi connectivity index (χ1) is 20.0. The van der Waals surface area contributed by atoms with E-state index in [0.717, 1.165) is 37.1 Å². The van der Waals surface area contributed by atoms with Crippen LogP contribution in [-0.4, -0.2) is 103 Å². The fourth-order valence-corrected chi connectivity index (χ4v) is 4.94. The van der Waals surface area contributed by atoms with E-state index in [2.05, 4.69) is 10.2 Å². The Hall–Kier alpha value is -3.70. The third-order valence-electron chi connectivity index (χ3n) is 7.24. The van der Waals surface area contributed by atoms with Crippen LogP contribution in [0, 0.1) is 0 Å². The zero-order chi connectivity index (χ0) is 29.0. The van der Waals surface area contributed by atoms with Gasteiger partial charge >= 0.3 is 6.09 Å². The van der Waals surface area contributed by atoms with Gasteiger partial charge in [-0.3, -0.25) is 15.0 Å². The first kappa shape index (κ1) is 30.3. The van der Waals surface area contributed by atoms with Gasteiger partial charge in [0.2, 0.25) is 0 Å².